The van der Waals surface area contributed by atoms with E-state index < -0.39 is 0 Å². The van der Waals surface area contributed by atoms with Crippen molar-refractivity contribution in [3.8, 4) is 0 Å². The Kier molecular flexibility index (Phi) is 4.68. The molecule has 3 nitrogen and oxygen atoms in total. The predicted molar refractivity (Wildman–Crippen MR) is 107 cm³/mol. The Morgan fingerprint density at radius 3 is 2.81 bits per heavy atom. The molecule has 0 radical (unpaired) electrons. The van der Waals surface area contributed by atoms with Crippen molar-refractivity contribution < 1.29 is 4.79 Å². The van der Waals surface area contributed by atoms with E-state index in [-0.39, 0.29) is 17.9 Å². The van der Waals surface area contributed by atoms with Crippen molar-refractivity contribution in [3.63, 3.8) is 0 Å². The van der Waals surface area contributed by atoms with Crippen molar-refractivity contribution in [1.29, 1.82) is 0 Å². The fourth-order valence-electron chi connectivity index (χ4n) is 4.06. The van der Waals surface area contributed by atoms with Gasteiger partial charge in [0.15, 0.2) is 0 Å². The molecule has 2 aliphatic rings. The minimum Gasteiger partial charge on any atom is -0.378 e. The first-order valence-corrected chi connectivity index (χ1v) is 9.64. The van der Waals surface area contributed by atoms with E-state index in [1.165, 1.54) is 5.56 Å². The van der Waals surface area contributed by atoms with Crippen LogP contribution in [-0.4, -0.2) is 12.5 Å². The van der Waals surface area contributed by atoms with Crippen LogP contribution in [0.5, 0.6) is 0 Å². The van der Waals surface area contributed by atoms with Crippen molar-refractivity contribution in [2.45, 2.75) is 25.3 Å². The molecule has 2 aromatic rings. The maximum atomic E-state index is 12.2. The third kappa shape index (κ3) is 3.00. The molecule has 1 aliphatic heterocycles. The van der Waals surface area contributed by atoms with Crippen LogP contribution in [0.3, 0.4) is 0 Å². The second-order valence-corrected chi connectivity index (χ2v) is 7.65. The Balaban J connectivity index is 1.73. The highest BCUT2D eigenvalue weighted by Gasteiger charge is 2.38. The number of carbonyl (C=O) groups excluding carboxylic acids is 1. The van der Waals surface area contributed by atoms with Crippen molar-refractivity contribution >= 4 is 34.8 Å². The number of carbonyl (C=O) groups is 1. The summed E-state index contributed by atoms with van der Waals surface area (Å²) in [6.07, 6.45) is 5.45. The lowest BCUT2D eigenvalue weighted by molar-refractivity contribution is 0.0955. The maximum absolute atomic E-state index is 12.2. The number of halogens is 2. The van der Waals surface area contributed by atoms with E-state index in [4.69, 9.17) is 23.2 Å². The highest BCUT2D eigenvalue weighted by molar-refractivity contribution is 6.35. The number of allylic oxidation sites excluding steroid dienone is 2. The van der Waals surface area contributed by atoms with Crippen molar-refractivity contribution in [3.05, 3.63) is 75.3 Å². The zero-order valence-electron chi connectivity index (χ0n) is 14.4. The molecular weight excluding hydrogens is 367 g/mol. The quantitative estimate of drug-likeness (QED) is 0.676. The van der Waals surface area contributed by atoms with Gasteiger partial charge in [-0.05, 0) is 60.7 Å². The molecule has 1 heterocycles. The zero-order valence-corrected chi connectivity index (χ0v) is 15.9. The second-order valence-electron chi connectivity index (χ2n) is 6.80. The van der Waals surface area contributed by atoms with Gasteiger partial charge in [-0.15, -0.1) is 0 Å². The molecule has 26 heavy (non-hydrogen) atoms. The van der Waals surface area contributed by atoms with Gasteiger partial charge in [-0.25, -0.2) is 0 Å². The largest absolute Gasteiger partial charge is 0.378 e. The number of hydrogen-bond donors (Lipinski definition) is 2. The molecule has 0 saturated heterocycles. The molecule has 2 N–H and O–H groups in total. The summed E-state index contributed by atoms with van der Waals surface area (Å²) in [7, 11) is 0. The average Bonchev–Trinajstić information content (AvgIpc) is 3.11. The average molecular weight is 387 g/mol. The van der Waals surface area contributed by atoms with Crippen LogP contribution in [0, 0.1) is 5.92 Å². The van der Waals surface area contributed by atoms with Gasteiger partial charge in [0.05, 0.1) is 6.04 Å². The van der Waals surface area contributed by atoms with Crippen LogP contribution < -0.4 is 10.6 Å². The molecule has 0 aromatic heterocycles. The smallest absolute Gasteiger partial charge is 0.251 e. The lowest BCUT2D eigenvalue weighted by atomic mass is 9.76. The molecular formula is C21H20Cl2N2O. The van der Waals surface area contributed by atoms with Gasteiger partial charge in [0.1, 0.15) is 0 Å². The normalized spacial score (nSPS) is 23.1. The van der Waals surface area contributed by atoms with E-state index in [0.29, 0.717) is 28.1 Å². The molecule has 134 valence electrons. The highest BCUT2D eigenvalue weighted by Crippen LogP contribution is 2.51. The predicted octanol–water partition coefficient (Wildman–Crippen LogP) is 5.57. The summed E-state index contributed by atoms with van der Waals surface area (Å²) in [5.74, 6) is 0.611. The van der Waals surface area contributed by atoms with Gasteiger partial charge in [0, 0.05) is 33.8 Å². The molecule has 0 saturated carbocycles. The number of fused-ring (bicyclic) bond motifs is 3. The number of benzene rings is 2. The Labute approximate surface area is 163 Å². The van der Waals surface area contributed by atoms with Crippen LogP contribution in [0.2, 0.25) is 10.0 Å². The molecule has 0 fully saturated rings. The minimum atomic E-state index is -0.0308. The van der Waals surface area contributed by atoms with E-state index in [1.54, 1.807) is 6.07 Å². The summed E-state index contributed by atoms with van der Waals surface area (Å²) in [6.45, 7) is 2.55. The van der Waals surface area contributed by atoms with Gasteiger partial charge >= 0.3 is 0 Å². The molecule has 5 heteroatoms. The van der Waals surface area contributed by atoms with E-state index >= 15 is 0 Å². The van der Waals surface area contributed by atoms with Crippen LogP contribution in [0.4, 0.5) is 5.69 Å². The molecule has 2 aromatic carbocycles. The summed E-state index contributed by atoms with van der Waals surface area (Å²) in [4.78, 5) is 12.2. The lowest BCUT2D eigenvalue weighted by Crippen LogP contribution is -2.30. The van der Waals surface area contributed by atoms with Crippen LogP contribution in [0.15, 0.2) is 48.6 Å². The van der Waals surface area contributed by atoms with Gasteiger partial charge in [0.2, 0.25) is 0 Å². The van der Waals surface area contributed by atoms with Crippen molar-refractivity contribution in [1.82, 2.24) is 5.32 Å². The lowest BCUT2D eigenvalue weighted by Gasteiger charge is -2.38. The zero-order chi connectivity index (χ0) is 18.3. The Morgan fingerprint density at radius 1 is 1.19 bits per heavy atom. The molecule has 1 aliphatic carbocycles. The molecule has 3 atom stereocenters. The molecule has 4 rings (SSSR count). The van der Waals surface area contributed by atoms with E-state index in [1.807, 2.05) is 37.3 Å². The SMILES string of the molecule is CCNC(=O)c1ccc2c(c1)C1C=CCC1C(c1ccc(Cl)cc1Cl)N2. The molecule has 0 spiro atoms. The first-order valence-electron chi connectivity index (χ1n) is 8.88. The van der Waals surface area contributed by atoms with E-state index in [9.17, 15) is 4.79 Å². The number of hydrogen-bond acceptors (Lipinski definition) is 2. The van der Waals surface area contributed by atoms with Crippen LogP contribution in [0.25, 0.3) is 0 Å². The monoisotopic (exact) mass is 386 g/mol. The van der Waals surface area contributed by atoms with Crippen LogP contribution in [-0.2, 0) is 0 Å². The fourth-order valence-corrected chi connectivity index (χ4v) is 4.59. The summed E-state index contributed by atoms with van der Waals surface area (Å²) < 4.78 is 0. The van der Waals surface area contributed by atoms with Gasteiger partial charge < -0.3 is 10.6 Å². The standard InChI is InChI=1S/C21H20Cl2N2O/c1-2-24-21(26)12-6-9-19-17(10-12)14-4-3-5-15(14)20(25-19)16-8-7-13(22)11-18(16)23/h3-4,6-11,14-15,20,25H,2,5H2,1H3,(H,24,26). The fraction of sp³-hybridized carbons (Fsp3) is 0.286. The summed E-state index contributed by atoms with van der Waals surface area (Å²) in [5, 5.41) is 7.84. The third-order valence-corrected chi connectivity index (χ3v) is 5.82. The first-order chi connectivity index (χ1) is 12.6. The molecule has 3 unspecified atom stereocenters. The summed E-state index contributed by atoms with van der Waals surface area (Å²) >= 11 is 12.6. The Hall–Kier alpha value is -1.97. The van der Waals surface area contributed by atoms with Gasteiger partial charge in [-0.1, -0.05) is 41.4 Å². The van der Waals surface area contributed by atoms with E-state index in [2.05, 4.69) is 22.8 Å². The summed E-state index contributed by atoms with van der Waals surface area (Å²) in [6, 6.07) is 11.7. The van der Waals surface area contributed by atoms with Crippen molar-refractivity contribution in [2.75, 3.05) is 11.9 Å². The second kappa shape index (κ2) is 6.98. The number of rotatable bonds is 3. The summed E-state index contributed by atoms with van der Waals surface area (Å²) in [5.41, 5.74) is 4.00. The van der Waals surface area contributed by atoms with E-state index in [0.717, 1.165) is 17.7 Å². The third-order valence-electron chi connectivity index (χ3n) is 5.26. The first kappa shape index (κ1) is 17.4. The Morgan fingerprint density at radius 2 is 2.04 bits per heavy atom. The van der Waals surface area contributed by atoms with Crippen molar-refractivity contribution in [2.24, 2.45) is 5.92 Å². The maximum Gasteiger partial charge on any atom is 0.251 e. The minimum absolute atomic E-state index is 0.0308. The van der Waals surface area contributed by atoms with Gasteiger partial charge in [-0.2, -0.15) is 0 Å². The molecule has 0 bridgehead atoms. The van der Waals surface area contributed by atoms with Crippen LogP contribution in [0.1, 0.15) is 46.8 Å². The Bertz CT molecular complexity index is 894. The number of nitrogens with one attached hydrogen (secondary N) is 2. The van der Waals surface area contributed by atoms with Gasteiger partial charge in [-0.3, -0.25) is 4.79 Å². The van der Waals surface area contributed by atoms with Crippen LogP contribution >= 0.6 is 23.2 Å². The highest BCUT2D eigenvalue weighted by atomic mass is 35.5. The van der Waals surface area contributed by atoms with Gasteiger partial charge in [0.25, 0.3) is 5.91 Å². The molecule has 1 amide bonds. The number of amides is 1. The number of anilines is 1. The topological polar surface area (TPSA) is 41.1 Å².